The predicted octanol–water partition coefficient (Wildman–Crippen LogP) is 5.26. The summed E-state index contributed by atoms with van der Waals surface area (Å²) in [5.41, 5.74) is 3.74. The zero-order valence-corrected chi connectivity index (χ0v) is 13.6. The van der Waals surface area contributed by atoms with Crippen LogP contribution in [0.5, 0.6) is 5.75 Å². The largest absolute Gasteiger partial charge is 0.340 e. The molecule has 0 unspecified atom stereocenters. The second kappa shape index (κ2) is 5.16. The molecule has 0 aliphatic carbocycles. The van der Waals surface area contributed by atoms with Crippen LogP contribution in [0, 0.1) is 0 Å². The minimum atomic E-state index is -0.0705. The summed E-state index contributed by atoms with van der Waals surface area (Å²) in [6, 6.07) is 3.96. The molecule has 108 valence electrons. The van der Waals surface area contributed by atoms with Crippen LogP contribution in [-0.4, -0.2) is 5.26 Å². The summed E-state index contributed by atoms with van der Waals surface area (Å²) >= 11 is 0. The molecule has 1 N–H and O–H groups in total. The molecule has 1 rings (SSSR count). The van der Waals surface area contributed by atoms with Gasteiger partial charge in [-0.2, -0.15) is 0 Å². The lowest BCUT2D eigenvalue weighted by molar-refractivity contribution is -0.139. The molecule has 0 saturated heterocycles. The Morgan fingerprint density at radius 3 is 1.79 bits per heavy atom. The molecule has 0 bridgehead atoms. The normalized spacial score (nSPS) is 12.9. The molecule has 0 radical (unpaired) electrons. The predicted molar refractivity (Wildman–Crippen MR) is 81.2 cm³/mol. The Morgan fingerprint density at radius 1 is 0.947 bits per heavy atom. The van der Waals surface area contributed by atoms with Crippen molar-refractivity contribution in [3.05, 3.63) is 28.8 Å². The molecule has 0 saturated carbocycles. The third-order valence-electron chi connectivity index (χ3n) is 3.44. The maximum Gasteiger partial charge on any atom is 0.169 e. The number of hydrogen-bond acceptors (Lipinski definition) is 2. The number of rotatable bonds is 2. The summed E-state index contributed by atoms with van der Waals surface area (Å²) in [5, 5.41) is 9.18. The van der Waals surface area contributed by atoms with E-state index in [4.69, 9.17) is 0 Å². The summed E-state index contributed by atoms with van der Waals surface area (Å²) < 4.78 is 0. The minimum absolute atomic E-state index is 0.0705. The Morgan fingerprint density at radius 2 is 1.47 bits per heavy atom. The molecule has 1 aromatic carbocycles. The van der Waals surface area contributed by atoms with Crippen molar-refractivity contribution in [2.75, 3.05) is 0 Å². The fourth-order valence-electron chi connectivity index (χ4n) is 2.70. The molecule has 0 aromatic heterocycles. The maximum absolute atomic E-state index is 9.18. The third-order valence-corrected chi connectivity index (χ3v) is 3.44. The van der Waals surface area contributed by atoms with Crippen LogP contribution in [0.3, 0.4) is 0 Å². The van der Waals surface area contributed by atoms with Crippen molar-refractivity contribution in [3.63, 3.8) is 0 Å². The molecule has 2 nitrogen and oxygen atoms in total. The smallest absolute Gasteiger partial charge is 0.169 e. The standard InChI is InChI=1S/C17H28O2/c1-11(2)14-12(16(3,4)5)9-10-13(19-18)15(14)17(6,7)8/h9-11,18H,1-8H3. The van der Waals surface area contributed by atoms with E-state index < -0.39 is 0 Å². The van der Waals surface area contributed by atoms with E-state index in [-0.39, 0.29) is 10.8 Å². The van der Waals surface area contributed by atoms with Crippen molar-refractivity contribution in [2.24, 2.45) is 0 Å². The van der Waals surface area contributed by atoms with Crippen LogP contribution < -0.4 is 4.89 Å². The minimum Gasteiger partial charge on any atom is -0.340 e. The molecular weight excluding hydrogens is 236 g/mol. The highest BCUT2D eigenvalue weighted by Gasteiger charge is 2.30. The van der Waals surface area contributed by atoms with E-state index in [0.717, 1.165) is 5.56 Å². The Labute approximate surface area is 117 Å². The van der Waals surface area contributed by atoms with Gasteiger partial charge in [-0.25, -0.2) is 5.26 Å². The van der Waals surface area contributed by atoms with E-state index in [9.17, 15) is 5.26 Å². The van der Waals surface area contributed by atoms with Gasteiger partial charge in [0.15, 0.2) is 5.75 Å². The first kappa shape index (κ1) is 16.0. The molecule has 0 aliphatic rings. The molecule has 0 aliphatic heterocycles. The lowest BCUT2D eigenvalue weighted by Crippen LogP contribution is -2.22. The van der Waals surface area contributed by atoms with Gasteiger partial charge in [0.2, 0.25) is 0 Å². The summed E-state index contributed by atoms with van der Waals surface area (Å²) in [5.74, 6) is 0.961. The monoisotopic (exact) mass is 264 g/mol. The topological polar surface area (TPSA) is 29.5 Å². The zero-order valence-electron chi connectivity index (χ0n) is 13.6. The summed E-state index contributed by atoms with van der Waals surface area (Å²) in [4.78, 5) is 4.63. The van der Waals surface area contributed by atoms with E-state index in [1.807, 2.05) is 6.07 Å². The fraction of sp³-hybridized carbons (Fsp3) is 0.647. The quantitative estimate of drug-likeness (QED) is 0.583. The van der Waals surface area contributed by atoms with Gasteiger partial charge in [-0.1, -0.05) is 61.5 Å². The van der Waals surface area contributed by atoms with Crippen molar-refractivity contribution >= 4 is 0 Å². The Bertz CT molecular complexity index is 446. The lowest BCUT2D eigenvalue weighted by Gasteiger charge is -2.32. The van der Waals surface area contributed by atoms with E-state index in [0.29, 0.717) is 11.7 Å². The van der Waals surface area contributed by atoms with Crippen LogP contribution in [0.25, 0.3) is 0 Å². The number of hydrogen-bond donors (Lipinski definition) is 1. The zero-order chi connectivity index (χ0) is 15.0. The van der Waals surface area contributed by atoms with Crippen LogP contribution in [0.15, 0.2) is 12.1 Å². The van der Waals surface area contributed by atoms with Gasteiger partial charge in [-0.15, -0.1) is 0 Å². The van der Waals surface area contributed by atoms with Crippen LogP contribution in [0.1, 0.15) is 78.0 Å². The van der Waals surface area contributed by atoms with Crippen molar-refractivity contribution in [1.82, 2.24) is 0 Å². The molecule has 0 amide bonds. The highest BCUT2D eigenvalue weighted by molar-refractivity contribution is 5.52. The number of benzene rings is 1. The van der Waals surface area contributed by atoms with Gasteiger partial charge in [0, 0.05) is 5.56 Å². The average Bonchev–Trinajstić information content (AvgIpc) is 2.24. The van der Waals surface area contributed by atoms with Crippen molar-refractivity contribution < 1.29 is 10.1 Å². The summed E-state index contributed by atoms with van der Waals surface area (Å²) in [6.07, 6.45) is 0. The Kier molecular flexibility index (Phi) is 4.36. The molecule has 0 fully saturated rings. The van der Waals surface area contributed by atoms with E-state index in [1.165, 1.54) is 11.1 Å². The molecule has 19 heavy (non-hydrogen) atoms. The highest BCUT2D eigenvalue weighted by Crippen LogP contribution is 2.42. The fourth-order valence-corrected chi connectivity index (χ4v) is 2.70. The summed E-state index contributed by atoms with van der Waals surface area (Å²) in [7, 11) is 0. The molecule has 2 heteroatoms. The first-order chi connectivity index (χ1) is 8.50. The molecule has 0 atom stereocenters. The van der Waals surface area contributed by atoms with Crippen molar-refractivity contribution in [1.29, 1.82) is 0 Å². The van der Waals surface area contributed by atoms with Crippen LogP contribution >= 0.6 is 0 Å². The first-order valence-electron chi connectivity index (χ1n) is 6.99. The summed E-state index contributed by atoms with van der Waals surface area (Å²) in [6.45, 7) is 17.5. The highest BCUT2D eigenvalue weighted by atomic mass is 17.1. The Hall–Kier alpha value is -1.02. The van der Waals surface area contributed by atoms with Gasteiger partial charge in [-0.05, 0) is 33.9 Å². The van der Waals surface area contributed by atoms with Gasteiger partial charge in [-0.3, -0.25) is 0 Å². The van der Waals surface area contributed by atoms with Crippen LogP contribution in [0.2, 0.25) is 0 Å². The van der Waals surface area contributed by atoms with Gasteiger partial charge in [0.05, 0.1) is 0 Å². The van der Waals surface area contributed by atoms with Crippen LogP contribution in [0.4, 0.5) is 0 Å². The maximum atomic E-state index is 9.18. The second-order valence-corrected chi connectivity index (χ2v) is 7.65. The second-order valence-electron chi connectivity index (χ2n) is 7.65. The van der Waals surface area contributed by atoms with Gasteiger partial charge < -0.3 is 4.89 Å². The average molecular weight is 264 g/mol. The van der Waals surface area contributed by atoms with Gasteiger partial charge in [0.1, 0.15) is 0 Å². The third kappa shape index (κ3) is 3.30. The van der Waals surface area contributed by atoms with Crippen molar-refractivity contribution in [2.45, 2.75) is 72.1 Å². The Balaban J connectivity index is 3.74. The molecule has 0 spiro atoms. The van der Waals surface area contributed by atoms with Crippen molar-refractivity contribution in [3.8, 4) is 5.75 Å². The molecule has 0 heterocycles. The SMILES string of the molecule is CC(C)c1c(C(C)(C)C)ccc(OO)c1C(C)(C)C. The van der Waals surface area contributed by atoms with E-state index in [2.05, 4.69) is 66.3 Å². The van der Waals surface area contributed by atoms with Crippen LogP contribution in [-0.2, 0) is 10.8 Å². The molecule has 1 aromatic rings. The first-order valence-corrected chi connectivity index (χ1v) is 6.99. The van der Waals surface area contributed by atoms with Gasteiger partial charge in [0.25, 0.3) is 0 Å². The van der Waals surface area contributed by atoms with Gasteiger partial charge >= 0.3 is 0 Å². The lowest BCUT2D eigenvalue weighted by atomic mass is 9.73. The molecular formula is C17H28O2. The van der Waals surface area contributed by atoms with E-state index in [1.54, 1.807) is 0 Å². The van der Waals surface area contributed by atoms with E-state index >= 15 is 0 Å².